The number of nitrogens with one attached hydrogen (secondary N) is 1. The van der Waals surface area contributed by atoms with E-state index in [1.807, 2.05) is 0 Å². The standard InChI is InChI=1S/C9H17NS2/c1-6-4-3-5-8(7(6)2)10-9(11)12/h6-8H,3-5H2,1-2H3,(H2,10,11,12). The minimum atomic E-state index is 0.554. The van der Waals surface area contributed by atoms with Crippen molar-refractivity contribution in [3.8, 4) is 0 Å². The third kappa shape index (κ3) is 2.63. The Morgan fingerprint density at radius 2 is 2.08 bits per heavy atom. The molecular formula is C9H17NS2. The van der Waals surface area contributed by atoms with Crippen LogP contribution in [0.5, 0.6) is 0 Å². The van der Waals surface area contributed by atoms with E-state index in [2.05, 4.69) is 31.8 Å². The van der Waals surface area contributed by atoms with Gasteiger partial charge in [-0.25, -0.2) is 0 Å². The van der Waals surface area contributed by atoms with Crippen molar-refractivity contribution >= 4 is 29.2 Å². The van der Waals surface area contributed by atoms with Gasteiger partial charge in [0, 0.05) is 6.04 Å². The molecule has 1 nitrogen and oxygen atoms in total. The van der Waals surface area contributed by atoms with E-state index in [1.54, 1.807) is 0 Å². The molecule has 0 amide bonds. The lowest BCUT2D eigenvalue weighted by Crippen LogP contribution is -2.41. The lowest BCUT2D eigenvalue weighted by Gasteiger charge is -2.34. The maximum atomic E-state index is 4.92. The van der Waals surface area contributed by atoms with Crippen molar-refractivity contribution in [2.75, 3.05) is 0 Å². The second-order valence-corrected chi connectivity index (χ2v) is 4.98. The van der Waals surface area contributed by atoms with Crippen LogP contribution in [0.3, 0.4) is 0 Å². The molecule has 70 valence electrons. The van der Waals surface area contributed by atoms with Gasteiger partial charge in [0.25, 0.3) is 0 Å². The predicted molar refractivity (Wildman–Crippen MR) is 60.7 cm³/mol. The fourth-order valence-corrected chi connectivity index (χ4v) is 2.26. The quantitative estimate of drug-likeness (QED) is 0.502. The Morgan fingerprint density at radius 3 is 2.67 bits per heavy atom. The summed E-state index contributed by atoms with van der Waals surface area (Å²) in [6, 6.07) is 0.554. The molecule has 0 aromatic rings. The monoisotopic (exact) mass is 203 g/mol. The van der Waals surface area contributed by atoms with Gasteiger partial charge in [0.2, 0.25) is 0 Å². The van der Waals surface area contributed by atoms with E-state index in [0.717, 1.165) is 11.8 Å². The van der Waals surface area contributed by atoms with Crippen molar-refractivity contribution in [3.05, 3.63) is 0 Å². The molecule has 0 heterocycles. The number of thiocarbonyl (C=S) groups is 1. The summed E-state index contributed by atoms with van der Waals surface area (Å²) in [5, 5.41) is 3.26. The molecule has 0 aromatic heterocycles. The highest BCUT2D eigenvalue weighted by molar-refractivity contribution is 8.11. The Kier molecular flexibility index (Phi) is 3.84. The summed E-state index contributed by atoms with van der Waals surface area (Å²) in [5.41, 5.74) is 0. The first-order valence-electron chi connectivity index (χ1n) is 4.60. The number of rotatable bonds is 1. The fraction of sp³-hybridized carbons (Fsp3) is 0.889. The summed E-state index contributed by atoms with van der Waals surface area (Å²) in [6.45, 7) is 4.62. The zero-order chi connectivity index (χ0) is 9.14. The zero-order valence-electron chi connectivity index (χ0n) is 7.71. The predicted octanol–water partition coefficient (Wildman–Crippen LogP) is 2.62. The molecule has 12 heavy (non-hydrogen) atoms. The van der Waals surface area contributed by atoms with E-state index in [9.17, 15) is 0 Å². The number of hydrogen-bond donors (Lipinski definition) is 2. The van der Waals surface area contributed by atoms with E-state index in [0.29, 0.717) is 10.4 Å². The summed E-state index contributed by atoms with van der Waals surface area (Å²) in [5.74, 6) is 1.54. The van der Waals surface area contributed by atoms with Crippen LogP contribution < -0.4 is 5.32 Å². The average molecular weight is 203 g/mol. The average Bonchev–Trinajstić information content (AvgIpc) is 1.98. The van der Waals surface area contributed by atoms with Gasteiger partial charge in [-0.15, -0.1) is 12.6 Å². The van der Waals surface area contributed by atoms with E-state index in [4.69, 9.17) is 12.2 Å². The molecule has 0 aromatic carbocycles. The smallest absolute Gasteiger partial charge is 0.130 e. The van der Waals surface area contributed by atoms with Crippen LogP contribution in [0.1, 0.15) is 33.1 Å². The van der Waals surface area contributed by atoms with Crippen molar-refractivity contribution in [2.24, 2.45) is 11.8 Å². The zero-order valence-corrected chi connectivity index (χ0v) is 9.42. The molecular weight excluding hydrogens is 186 g/mol. The largest absolute Gasteiger partial charge is 0.368 e. The maximum absolute atomic E-state index is 4.92. The SMILES string of the molecule is CC1CCCC(NC(=S)S)C1C. The molecule has 0 radical (unpaired) electrons. The van der Waals surface area contributed by atoms with Crippen molar-refractivity contribution in [3.63, 3.8) is 0 Å². The molecule has 3 heteroatoms. The topological polar surface area (TPSA) is 12.0 Å². The third-order valence-corrected chi connectivity index (χ3v) is 3.26. The summed E-state index contributed by atoms with van der Waals surface area (Å²) in [7, 11) is 0. The molecule has 1 fully saturated rings. The minimum Gasteiger partial charge on any atom is -0.368 e. The molecule has 0 spiro atoms. The Labute approximate surface area is 85.7 Å². The molecule has 0 bridgehead atoms. The Bertz CT molecular complexity index is 170. The van der Waals surface area contributed by atoms with Gasteiger partial charge in [-0.05, 0) is 18.3 Å². The Balaban J connectivity index is 2.46. The van der Waals surface area contributed by atoms with Crippen LogP contribution in [0.15, 0.2) is 0 Å². The maximum Gasteiger partial charge on any atom is 0.130 e. The molecule has 1 aliphatic rings. The molecule has 1 saturated carbocycles. The number of hydrogen-bond acceptors (Lipinski definition) is 1. The van der Waals surface area contributed by atoms with Gasteiger partial charge >= 0.3 is 0 Å². The van der Waals surface area contributed by atoms with Crippen LogP contribution in [0.25, 0.3) is 0 Å². The van der Waals surface area contributed by atoms with Gasteiger partial charge in [0.05, 0.1) is 0 Å². The highest BCUT2D eigenvalue weighted by Gasteiger charge is 2.26. The second-order valence-electron chi connectivity index (χ2n) is 3.82. The van der Waals surface area contributed by atoms with Crippen molar-refractivity contribution in [2.45, 2.75) is 39.2 Å². The van der Waals surface area contributed by atoms with Gasteiger partial charge < -0.3 is 5.32 Å². The lowest BCUT2D eigenvalue weighted by molar-refractivity contribution is 0.226. The van der Waals surface area contributed by atoms with E-state index < -0.39 is 0 Å². The van der Waals surface area contributed by atoms with Crippen molar-refractivity contribution in [1.29, 1.82) is 0 Å². The first-order chi connectivity index (χ1) is 5.61. The van der Waals surface area contributed by atoms with E-state index in [1.165, 1.54) is 19.3 Å². The number of thiol groups is 1. The summed E-state index contributed by atoms with van der Waals surface area (Å²) in [4.78, 5) is 0. The van der Waals surface area contributed by atoms with Crippen LogP contribution in [0.4, 0.5) is 0 Å². The van der Waals surface area contributed by atoms with Gasteiger partial charge in [0.15, 0.2) is 0 Å². The Hall–Kier alpha value is 0.240. The molecule has 3 unspecified atom stereocenters. The van der Waals surface area contributed by atoms with Crippen molar-refractivity contribution < 1.29 is 0 Å². The minimum absolute atomic E-state index is 0.554. The summed E-state index contributed by atoms with van der Waals surface area (Å²) >= 11 is 9.02. The first-order valence-corrected chi connectivity index (χ1v) is 5.46. The highest BCUT2D eigenvalue weighted by atomic mass is 32.1. The molecule has 1 N–H and O–H groups in total. The first kappa shape index (κ1) is 10.3. The van der Waals surface area contributed by atoms with Gasteiger partial charge in [-0.2, -0.15) is 0 Å². The van der Waals surface area contributed by atoms with Crippen LogP contribution in [-0.2, 0) is 0 Å². The van der Waals surface area contributed by atoms with Gasteiger partial charge in [-0.3, -0.25) is 0 Å². The summed E-state index contributed by atoms with van der Waals surface area (Å²) in [6.07, 6.45) is 3.92. The van der Waals surface area contributed by atoms with Crippen LogP contribution in [0, 0.1) is 11.8 Å². The Morgan fingerprint density at radius 1 is 1.42 bits per heavy atom. The van der Waals surface area contributed by atoms with Crippen LogP contribution in [0.2, 0.25) is 0 Å². The van der Waals surface area contributed by atoms with Crippen LogP contribution >= 0.6 is 24.8 Å². The highest BCUT2D eigenvalue weighted by Crippen LogP contribution is 2.29. The fourth-order valence-electron chi connectivity index (χ4n) is 1.94. The van der Waals surface area contributed by atoms with Crippen molar-refractivity contribution in [1.82, 2.24) is 5.32 Å². The lowest BCUT2D eigenvalue weighted by atomic mass is 9.78. The third-order valence-electron chi connectivity index (χ3n) is 3.02. The molecule has 1 rings (SSSR count). The molecule has 0 saturated heterocycles. The van der Waals surface area contributed by atoms with Gasteiger partial charge in [0.1, 0.15) is 4.32 Å². The van der Waals surface area contributed by atoms with Crippen LogP contribution in [-0.4, -0.2) is 10.4 Å². The van der Waals surface area contributed by atoms with Gasteiger partial charge in [-0.1, -0.05) is 38.9 Å². The second kappa shape index (κ2) is 4.47. The van der Waals surface area contributed by atoms with E-state index >= 15 is 0 Å². The molecule has 3 atom stereocenters. The summed E-state index contributed by atoms with van der Waals surface area (Å²) < 4.78 is 0.640. The normalized spacial score (nSPS) is 36.1. The molecule has 0 aliphatic heterocycles. The van der Waals surface area contributed by atoms with E-state index in [-0.39, 0.29) is 0 Å². The molecule has 1 aliphatic carbocycles.